The maximum atomic E-state index is 5.88. The van der Waals surface area contributed by atoms with Gasteiger partial charge in [0.05, 0.1) is 0 Å². The van der Waals surface area contributed by atoms with Crippen molar-refractivity contribution in [3.8, 4) is 5.75 Å². The van der Waals surface area contributed by atoms with E-state index in [1.54, 1.807) is 0 Å². The maximum absolute atomic E-state index is 5.88. The fourth-order valence-electron chi connectivity index (χ4n) is 2.62. The molecule has 1 fully saturated rings. The number of alkyl halides is 1. The molecule has 0 amide bonds. The van der Waals surface area contributed by atoms with Gasteiger partial charge in [-0.15, -0.1) is 11.6 Å². The van der Waals surface area contributed by atoms with Gasteiger partial charge in [0.1, 0.15) is 12.4 Å². The van der Waals surface area contributed by atoms with Crippen LogP contribution in [0.2, 0.25) is 0 Å². The topological polar surface area (TPSA) is 12.5 Å². The van der Waals surface area contributed by atoms with Crippen LogP contribution in [0.1, 0.15) is 25.7 Å². The molecule has 2 rings (SSSR count). The van der Waals surface area contributed by atoms with Crippen LogP contribution in [0.15, 0.2) is 28.7 Å². The Morgan fingerprint density at radius 1 is 1.26 bits per heavy atom. The van der Waals surface area contributed by atoms with Crippen LogP contribution in [0, 0.1) is 0 Å². The average molecular weight is 347 g/mol. The smallest absolute Gasteiger partial charge is 0.119 e. The predicted molar refractivity (Wildman–Crippen MR) is 84.2 cm³/mol. The molecule has 0 radical (unpaired) electrons. The SMILES string of the molecule is ClCCC1CCCCN1CCOc1ccc(Br)cc1. The highest BCUT2D eigenvalue weighted by molar-refractivity contribution is 9.10. The summed E-state index contributed by atoms with van der Waals surface area (Å²) in [6, 6.07) is 8.66. The Bertz CT molecular complexity index is 369. The van der Waals surface area contributed by atoms with Gasteiger partial charge in [-0.2, -0.15) is 0 Å². The molecule has 106 valence electrons. The van der Waals surface area contributed by atoms with Gasteiger partial charge in [0, 0.05) is 22.9 Å². The van der Waals surface area contributed by atoms with Crippen molar-refractivity contribution in [3.63, 3.8) is 0 Å². The average Bonchev–Trinajstić information content (AvgIpc) is 2.43. The second kappa shape index (κ2) is 8.13. The highest BCUT2D eigenvalue weighted by Gasteiger charge is 2.21. The van der Waals surface area contributed by atoms with Crippen molar-refractivity contribution in [2.24, 2.45) is 0 Å². The summed E-state index contributed by atoms with van der Waals surface area (Å²) in [7, 11) is 0. The zero-order chi connectivity index (χ0) is 13.5. The van der Waals surface area contributed by atoms with E-state index in [-0.39, 0.29) is 0 Å². The number of rotatable bonds is 6. The van der Waals surface area contributed by atoms with Crippen molar-refractivity contribution >= 4 is 27.5 Å². The van der Waals surface area contributed by atoms with E-state index in [1.807, 2.05) is 24.3 Å². The van der Waals surface area contributed by atoms with Gasteiger partial charge < -0.3 is 4.74 Å². The first kappa shape index (κ1) is 15.1. The summed E-state index contributed by atoms with van der Waals surface area (Å²) in [5.41, 5.74) is 0. The third-order valence-electron chi connectivity index (χ3n) is 3.65. The lowest BCUT2D eigenvalue weighted by molar-refractivity contribution is 0.121. The van der Waals surface area contributed by atoms with Crippen LogP contribution in [0.5, 0.6) is 5.75 Å². The van der Waals surface area contributed by atoms with Gasteiger partial charge in [-0.3, -0.25) is 4.90 Å². The summed E-state index contributed by atoms with van der Waals surface area (Å²) in [4.78, 5) is 2.53. The Labute approximate surface area is 129 Å². The molecule has 1 aliphatic heterocycles. The lowest BCUT2D eigenvalue weighted by Gasteiger charge is -2.35. The van der Waals surface area contributed by atoms with Crippen LogP contribution in [-0.4, -0.2) is 36.5 Å². The first-order valence-corrected chi connectivity index (χ1v) is 8.31. The number of benzene rings is 1. The molecule has 4 heteroatoms. The van der Waals surface area contributed by atoms with E-state index in [4.69, 9.17) is 16.3 Å². The highest BCUT2D eigenvalue weighted by atomic mass is 79.9. The molecular weight excluding hydrogens is 326 g/mol. The molecule has 0 bridgehead atoms. The van der Waals surface area contributed by atoms with Crippen molar-refractivity contribution in [1.29, 1.82) is 0 Å². The van der Waals surface area contributed by atoms with Gasteiger partial charge >= 0.3 is 0 Å². The summed E-state index contributed by atoms with van der Waals surface area (Å²) < 4.78 is 6.88. The van der Waals surface area contributed by atoms with Crippen LogP contribution in [0.4, 0.5) is 0 Å². The van der Waals surface area contributed by atoms with E-state index in [9.17, 15) is 0 Å². The van der Waals surface area contributed by atoms with Crippen LogP contribution < -0.4 is 4.74 Å². The van der Waals surface area contributed by atoms with Crippen molar-refractivity contribution in [1.82, 2.24) is 4.90 Å². The van der Waals surface area contributed by atoms with Crippen molar-refractivity contribution in [3.05, 3.63) is 28.7 Å². The van der Waals surface area contributed by atoms with Crippen LogP contribution >= 0.6 is 27.5 Å². The van der Waals surface area contributed by atoms with E-state index in [0.717, 1.165) is 35.7 Å². The first-order chi connectivity index (χ1) is 9.29. The Hall–Kier alpha value is -0.250. The minimum Gasteiger partial charge on any atom is -0.492 e. The number of piperidine rings is 1. The Kier molecular flexibility index (Phi) is 6.48. The number of hydrogen-bond acceptors (Lipinski definition) is 2. The summed E-state index contributed by atoms with van der Waals surface area (Å²) in [6.07, 6.45) is 5.02. The lowest BCUT2D eigenvalue weighted by Crippen LogP contribution is -2.42. The third kappa shape index (κ3) is 4.97. The second-order valence-electron chi connectivity index (χ2n) is 4.97. The Balaban J connectivity index is 1.75. The quantitative estimate of drug-likeness (QED) is 0.712. The first-order valence-electron chi connectivity index (χ1n) is 6.98. The van der Waals surface area contributed by atoms with Crippen LogP contribution in [-0.2, 0) is 0 Å². The van der Waals surface area contributed by atoms with E-state index in [0.29, 0.717) is 6.04 Å². The minimum absolute atomic E-state index is 0.653. The van der Waals surface area contributed by atoms with Gasteiger partial charge in [-0.05, 0) is 50.1 Å². The van der Waals surface area contributed by atoms with Crippen molar-refractivity contribution < 1.29 is 4.74 Å². The minimum atomic E-state index is 0.653. The summed E-state index contributed by atoms with van der Waals surface area (Å²) >= 11 is 9.31. The molecule has 1 unspecified atom stereocenters. The molecule has 2 nitrogen and oxygen atoms in total. The summed E-state index contributed by atoms with van der Waals surface area (Å²) in [5.74, 6) is 1.70. The normalized spacial score (nSPS) is 20.4. The van der Waals surface area contributed by atoms with Crippen LogP contribution in [0.25, 0.3) is 0 Å². The zero-order valence-electron chi connectivity index (χ0n) is 11.2. The van der Waals surface area contributed by atoms with E-state index in [1.165, 1.54) is 25.8 Å². The molecule has 1 heterocycles. The summed E-state index contributed by atoms with van der Waals surface area (Å²) in [5, 5.41) is 0. The fourth-order valence-corrected chi connectivity index (χ4v) is 3.14. The predicted octanol–water partition coefficient (Wildman–Crippen LogP) is 4.31. The molecule has 19 heavy (non-hydrogen) atoms. The molecule has 1 aliphatic rings. The second-order valence-corrected chi connectivity index (χ2v) is 6.26. The molecule has 1 saturated heterocycles. The monoisotopic (exact) mass is 345 g/mol. The number of hydrogen-bond donors (Lipinski definition) is 0. The number of ether oxygens (including phenoxy) is 1. The van der Waals surface area contributed by atoms with Gasteiger partial charge in [0.25, 0.3) is 0 Å². The van der Waals surface area contributed by atoms with Crippen molar-refractivity contribution in [2.45, 2.75) is 31.7 Å². The summed E-state index contributed by atoms with van der Waals surface area (Å²) in [6.45, 7) is 2.93. The van der Waals surface area contributed by atoms with Gasteiger partial charge in [0.2, 0.25) is 0 Å². The third-order valence-corrected chi connectivity index (χ3v) is 4.40. The van der Waals surface area contributed by atoms with E-state index >= 15 is 0 Å². The van der Waals surface area contributed by atoms with E-state index in [2.05, 4.69) is 20.8 Å². The van der Waals surface area contributed by atoms with E-state index < -0.39 is 0 Å². The largest absolute Gasteiger partial charge is 0.492 e. The molecule has 0 N–H and O–H groups in total. The number of halogens is 2. The molecule has 1 aromatic carbocycles. The molecular formula is C15H21BrClNO. The fraction of sp³-hybridized carbons (Fsp3) is 0.600. The number of likely N-dealkylation sites (tertiary alicyclic amines) is 1. The molecule has 0 aromatic heterocycles. The molecule has 0 saturated carbocycles. The van der Waals surface area contributed by atoms with Gasteiger partial charge in [-0.25, -0.2) is 0 Å². The molecule has 0 spiro atoms. The maximum Gasteiger partial charge on any atom is 0.119 e. The van der Waals surface area contributed by atoms with Gasteiger partial charge in [-0.1, -0.05) is 22.4 Å². The standard InChI is InChI=1S/C15H21BrClNO/c16-13-4-6-15(7-5-13)19-12-11-18-10-2-1-3-14(18)8-9-17/h4-7,14H,1-3,8-12H2. The van der Waals surface area contributed by atoms with Gasteiger partial charge in [0.15, 0.2) is 0 Å². The Morgan fingerprint density at radius 3 is 2.79 bits per heavy atom. The molecule has 1 aromatic rings. The highest BCUT2D eigenvalue weighted by Crippen LogP contribution is 2.20. The van der Waals surface area contributed by atoms with Crippen molar-refractivity contribution in [2.75, 3.05) is 25.6 Å². The lowest BCUT2D eigenvalue weighted by atomic mass is 10.0. The van der Waals surface area contributed by atoms with Crippen LogP contribution in [0.3, 0.4) is 0 Å². The zero-order valence-corrected chi connectivity index (χ0v) is 13.5. The molecule has 0 aliphatic carbocycles. The molecule has 1 atom stereocenters. The Morgan fingerprint density at radius 2 is 2.05 bits per heavy atom. The number of nitrogens with zero attached hydrogens (tertiary/aromatic N) is 1.